The smallest absolute Gasteiger partial charge is 0.326 e. The first-order chi connectivity index (χ1) is 16.9. The highest BCUT2D eigenvalue weighted by Crippen LogP contribution is 2.23. The molecule has 5 aromatic rings. The third kappa shape index (κ3) is 4.19. The van der Waals surface area contributed by atoms with Crippen LogP contribution in [0.15, 0.2) is 52.8 Å². The predicted molar refractivity (Wildman–Crippen MR) is 130 cm³/mol. The maximum absolute atomic E-state index is 11.5. The van der Waals surface area contributed by atoms with E-state index >= 15 is 0 Å². The molecule has 0 atom stereocenters. The summed E-state index contributed by atoms with van der Waals surface area (Å²) in [4.78, 5) is 30.3. The van der Waals surface area contributed by atoms with E-state index in [2.05, 4.69) is 31.4 Å². The van der Waals surface area contributed by atoms with Crippen LogP contribution in [0.25, 0.3) is 17.4 Å². The molecule has 1 aromatic carbocycles. The number of aryl methyl sites for hydroxylation is 2. The van der Waals surface area contributed by atoms with Crippen molar-refractivity contribution in [2.45, 2.75) is 32.7 Å². The number of benzene rings is 1. The van der Waals surface area contributed by atoms with Crippen LogP contribution in [-0.2, 0) is 0 Å². The zero-order valence-electron chi connectivity index (χ0n) is 19.1. The van der Waals surface area contributed by atoms with E-state index in [0.717, 1.165) is 35.5 Å². The van der Waals surface area contributed by atoms with Gasteiger partial charge in [-0.3, -0.25) is 9.98 Å². The molecule has 4 N–H and O–H groups in total. The van der Waals surface area contributed by atoms with Gasteiger partial charge in [0.05, 0.1) is 24.3 Å². The van der Waals surface area contributed by atoms with E-state index in [4.69, 9.17) is 9.98 Å². The van der Waals surface area contributed by atoms with E-state index in [-0.39, 0.29) is 17.6 Å². The number of aromatic nitrogens is 7. The monoisotopic (exact) mass is 469 g/mol. The molecular weight excluding hydrogens is 446 g/mol. The van der Waals surface area contributed by atoms with E-state index in [1.807, 2.05) is 42.8 Å². The third-order valence-electron chi connectivity index (χ3n) is 5.72. The minimum absolute atomic E-state index is 0.242. The Morgan fingerprint density at radius 2 is 2.06 bits per heavy atom. The molecule has 0 radical (unpaired) electrons. The lowest BCUT2D eigenvalue weighted by Crippen LogP contribution is -2.19. The number of imidazole rings is 2. The number of rotatable bonds is 5. The lowest BCUT2D eigenvalue weighted by molar-refractivity contribution is 0.454. The third-order valence-corrected chi connectivity index (χ3v) is 5.72. The van der Waals surface area contributed by atoms with Gasteiger partial charge >= 0.3 is 5.69 Å². The van der Waals surface area contributed by atoms with Crippen molar-refractivity contribution in [3.05, 3.63) is 81.1 Å². The number of fused-ring (bicyclic) bond motifs is 1. The summed E-state index contributed by atoms with van der Waals surface area (Å²) in [5.74, 6) is 0.366. The molecule has 6 rings (SSSR count). The van der Waals surface area contributed by atoms with E-state index in [9.17, 15) is 9.90 Å². The molecule has 0 amide bonds. The summed E-state index contributed by atoms with van der Waals surface area (Å²) in [6.07, 6.45) is 9.13. The van der Waals surface area contributed by atoms with Crippen LogP contribution in [0.1, 0.15) is 29.8 Å². The molecule has 1 fully saturated rings. The van der Waals surface area contributed by atoms with Crippen LogP contribution >= 0.6 is 0 Å². The van der Waals surface area contributed by atoms with Crippen LogP contribution < -0.4 is 21.7 Å². The minimum atomic E-state index is -0.492. The average molecular weight is 470 g/mol. The van der Waals surface area contributed by atoms with Gasteiger partial charge in [-0.1, -0.05) is 0 Å². The van der Waals surface area contributed by atoms with Gasteiger partial charge in [0.2, 0.25) is 5.88 Å². The Morgan fingerprint density at radius 1 is 1.20 bits per heavy atom. The van der Waals surface area contributed by atoms with Crippen molar-refractivity contribution in [1.82, 2.24) is 34.1 Å². The lowest BCUT2D eigenvalue weighted by Gasteiger charge is -2.11. The number of nitrogens with zero attached hydrogens (tertiary/aromatic N) is 6. The van der Waals surface area contributed by atoms with Gasteiger partial charge in [0.15, 0.2) is 11.1 Å². The Bertz CT molecular complexity index is 1750. The molecular formula is C24H23N9O2. The summed E-state index contributed by atoms with van der Waals surface area (Å²) in [6.45, 7) is 4.00. The fraction of sp³-hybridized carbons (Fsp3) is 0.208. The first-order valence-electron chi connectivity index (χ1n) is 11.3. The van der Waals surface area contributed by atoms with Crippen molar-refractivity contribution < 1.29 is 5.11 Å². The number of H-pyrrole nitrogens is 2. The van der Waals surface area contributed by atoms with E-state index < -0.39 is 5.69 Å². The van der Waals surface area contributed by atoms with Crippen LogP contribution in [0.4, 0.5) is 11.5 Å². The second kappa shape index (κ2) is 7.97. The quantitative estimate of drug-likeness (QED) is 0.308. The van der Waals surface area contributed by atoms with Crippen LogP contribution in [0.5, 0.6) is 5.88 Å². The van der Waals surface area contributed by atoms with Crippen LogP contribution in [0.3, 0.4) is 0 Å². The highest BCUT2D eigenvalue weighted by molar-refractivity contribution is 5.63. The SMILES string of the molecule is Cc1cc(Nc2cc(=NC3CC3)n3ncc(=Cc4[nH]c(=O)[nH]c4O)c3n2)cc(-n2cnc(C)c2)c1. The van der Waals surface area contributed by atoms with Crippen molar-refractivity contribution in [2.24, 2.45) is 4.99 Å². The lowest BCUT2D eigenvalue weighted by atomic mass is 10.2. The molecule has 0 aliphatic heterocycles. The number of nitrogens with one attached hydrogen (secondary N) is 3. The summed E-state index contributed by atoms with van der Waals surface area (Å²) < 4.78 is 3.65. The number of aromatic hydroxyl groups is 1. The molecule has 4 heterocycles. The fourth-order valence-electron chi connectivity index (χ4n) is 3.95. The average Bonchev–Trinajstić information content (AvgIpc) is 3.20. The van der Waals surface area contributed by atoms with Gasteiger partial charge in [0.1, 0.15) is 11.5 Å². The first kappa shape index (κ1) is 20.9. The summed E-state index contributed by atoms with van der Waals surface area (Å²) in [7, 11) is 0. The molecule has 35 heavy (non-hydrogen) atoms. The molecule has 4 aromatic heterocycles. The summed E-state index contributed by atoms with van der Waals surface area (Å²) >= 11 is 0. The summed E-state index contributed by atoms with van der Waals surface area (Å²) in [5.41, 5.74) is 4.89. The Kier molecular flexibility index (Phi) is 4.76. The number of hydrogen-bond donors (Lipinski definition) is 4. The van der Waals surface area contributed by atoms with Gasteiger partial charge in [-0.15, -0.1) is 0 Å². The Labute approximate surface area is 198 Å². The molecule has 0 saturated heterocycles. The Hall–Kier alpha value is -4.67. The fourth-order valence-corrected chi connectivity index (χ4v) is 3.95. The molecule has 1 saturated carbocycles. The van der Waals surface area contributed by atoms with Gasteiger partial charge in [0.25, 0.3) is 0 Å². The molecule has 0 unspecified atom stereocenters. The zero-order chi connectivity index (χ0) is 24.1. The molecule has 11 heteroatoms. The maximum atomic E-state index is 11.5. The summed E-state index contributed by atoms with van der Waals surface area (Å²) in [5, 5.41) is 18.5. The summed E-state index contributed by atoms with van der Waals surface area (Å²) in [6, 6.07) is 8.32. The topological polar surface area (TPSA) is 141 Å². The van der Waals surface area contributed by atoms with Crippen molar-refractivity contribution in [2.75, 3.05) is 5.32 Å². The van der Waals surface area contributed by atoms with Gasteiger partial charge in [0, 0.05) is 28.9 Å². The predicted octanol–water partition coefficient (Wildman–Crippen LogP) is 1.61. The zero-order valence-corrected chi connectivity index (χ0v) is 19.1. The van der Waals surface area contributed by atoms with Crippen molar-refractivity contribution in [3.8, 4) is 11.6 Å². The van der Waals surface area contributed by atoms with Gasteiger partial charge in [-0.05, 0) is 56.5 Å². The van der Waals surface area contributed by atoms with Crippen LogP contribution in [-0.4, -0.2) is 45.3 Å². The van der Waals surface area contributed by atoms with Gasteiger partial charge in [-0.2, -0.15) is 9.61 Å². The largest absolute Gasteiger partial charge is 0.493 e. The molecule has 1 aliphatic carbocycles. The van der Waals surface area contributed by atoms with Crippen molar-refractivity contribution >= 4 is 23.2 Å². The van der Waals surface area contributed by atoms with E-state index in [0.29, 0.717) is 22.2 Å². The molecule has 176 valence electrons. The van der Waals surface area contributed by atoms with Gasteiger partial charge in [-0.25, -0.2) is 14.8 Å². The highest BCUT2D eigenvalue weighted by atomic mass is 16.3. The Morgan fingerprint density at radius 3 is 2.77 bits per heavy atom. The number of aromatic amines is 2. The number of anilines is 2. The van der Waals surface area contributed by atoms with Crippen LogP contribution in [0, 0.1) is 13.8 Å². The molecule has 0 spiro atoms. The standard InChI is InChI=1S/C24H23N9O2/c1-13-5-17(8-18(6-13)32-11-14(2)25-12-32)27-20-9-21(28-16-3-4-16)33-22(30-20)15(10-26-33)7-19-23(34)31-24(35)29-19/h5-12,16,27,34H,3-4H2,1-2H3,(H2,29,31,35). The highest BCUT2D eigenvalue weighted by Gasteiger charge is 2.20. The van der Waals surface area contributed by atoms with E-state index in [1.165, 1.54) is 0 Å². The molecule has 11 nitrogen and oxygen atoms in total. The molecule has 1 aliphatic rings. The van der Waals surface area contributed by atoms with Crippen molar-refractivity contribution in [1.29, 1.82) is 0 Å². The molecule has 0 bridgehead atoms. The number of hydrogen-bond acceptors (Lipinski definition) is 7. The first-order valence-corrected chi connectivity index (χ1v) is 11.3. The minimum Gasteiger partial charge on any atom is -0.493 e. The Balaban J connectivity index is 1.47. The maximum Gasteiger partial charge on any atom is 0.326 e. The van der Waals surface area contributed by atoms with Gasteiger partial charge < -0.3 is 20.0 Å². The van der Waals surface area contributed by atoms with Crippen LogP contribution in [0.2, 0.25) is 0 Å². The normalized spacial score (nSPS) is 14.8. The second-order valence-electron chi connectivity index (χ2n) is 8.79. The van der Waals surface area contributed by atoms with Crippen molar-refractivity contribution in [3.63, 3.8) is 0 Å². The van der Waals surface area contributed by atoms with E-state index in [1.54, 1.807) is 23.1 Å². The second-order valence-corrected chi connectivity index (χ2v) is 8.79.